The Hall–Kier alpha value is -2.75. The molecule has 114 valence electrons. The van der Waals surface area contributed by atoms with E-state index in [-0.39, 0.29) is 5.91 Å². The minimum atomic E-state index is -0.140. The molecule has 0 saturated heterocycles. The van der Waals surface area contributed by atoms with E-state index < -0.39 is 0 Å². The Morgan fingerprint density at radius 3 is 2.45 bits per heavy atom. The molecule has 0 unspecified atom stereocenters. The van der Waals surface area contributed by atoms with Gasteiger partial charge in [0.15, 0.2) is 0 Å². The minimum absolute atomic E-state index is 0.140. The van der Waals surface area contributed by atoms with E-state index in [9.17, 15) is 4.79 Å². The van der Waals surface area contributed by atoms with Crippen molar-refractivity contribution in [3.05, 3.63) is 65.7 Å². The molecule has 0 aliphatic heterocycles. The average Bonchev–Trinajstić information content (AvgIpc) is 2.58. The molecule has 1 amide bonds. The van der Waals surface area contributed by atoms with Gasteiger partial charge in [-0.1, -0.05) is 24.3 Å². The van der Waals surface area contributed by atoms with Crippen LogP contribution in [0.25, 0.3) is 6.08 Å². The third kappa shape index (κ3) is 4.66. The van der Waals surface area contributed by atoms with Crippen LogP contribution in [0.15, 0.2) is 54.6 Å². The largest absolute Gasteiger partial charge is 0.497 e. The number of amides is 1. The summed E-state index contributed by atoms with van der Waals surface area (Å²) in [5.41, 5.74) is 1.93. The first kappa shape index (κ1) is 15.6. The van der Waals surface area contributed by atoms with Gasteiger partial charge in [-0.05, 0) is 41.5 Å². The summed E-state index contributed by atoms with van der Waals surface area (Å²) < 4.78 is 10.2. The van der Waals surface area contributed by atoms with E-state index in [1.54, 1.807) is 20.3 Å². The zero-order chi connectivity index (χ0) is 15.8. The second kappa shape index (κ2) is 7.88. The van der Waals surface area contributed by atoms with Crippen molar-refractivity contribution in [2.45, 2.75) is 6.54 Å². The Kier molecular flexibility index (Phi) is 5.60. The highest BCUT2D eigenvalue weighted by molar-refractivity contribution is 5.91. The number of benzene rings is 2. The number of rotatable bonds is 6. The highest BCUT2D eigenvalue weighted by Crippen LogP contribution is 2.13. The monoisotopic (exact) mass is 297 g/mol. The molecule has 0 fully saturated rings. The smallest absolute Gasteiger partial charge is 0.244 e. The summed E-state index contributed by atoms with van der Waals surface area (Å²) in [7, 11) is 3.24. The van der Waals surface area contributed by atoms with Gasteiger partial charge in [0.25, 0.3) is 0 Å². The third-order valence-corrected chi connectivity index (χ3v) is 3.15. The highest BCUT2D eigenvalue weighted by Gasteiger charge is 1.98. The summed E-state index contributed by atoms with van der Waals surface area (Å²) in [6.45, 7) is 0.477. The molecule has 2 aromatic rings. The standard InChI is InChI=1S/C18H19NO3/c1-21-16-9-6-15(7-10-16)13-19-18(20)11-8-14-4-3-5-17(12-14)22-2/h3-12H,13H2,1-2H3,(H,19,20)/b11-8+. The number of methoxy groups -OCH3 is 2. The zero-order valence-corrected chi connectivity index (χ0v) is 12.7. The van der Waals surface area contributed by atoms with E-state index >= 15 is 0 Å². The van der Waals surface area contributed by atoms with E-state index in [4.69, 9.17) is 9.47 Å². The van der Waals surface area contributed by atoms with Gasteiger partial charge in [-0.25, -0.2) is 0 Å². The maximum Gasteiger partial charge on any atom is 0.244 e. The fraction of sp³-hybridized carbons (Fsp3) is 0.167. The summed E-state index contributed by atoms with van der Waals surface area (Å²) in [6.07, 6.45) is 3.27. The fourth-order valence-corrected chi connectivity index (χ4v) is 1.91. The Balaban J connectivity index is 1.87. The number of hydrogen-bond donors (Lipinski definition) is 1. The zero-order valence-electron chi connectivity index (χ0n) is 12.7. The molecular weight excluding hydrogens is 278 g/mol. The molecule has 2 rings (SSSR count). The number of carbonyl (C=O) groups is 1. The van der Waals surface area contributed by atoms with E-state index in [1.165, 1.54) is 6.08 Å². The lowest BCUT2D eigenvalue weighted by molar-refractivity contribution is -0.116. The lowest BCUT2D eigenvalue weighted by atomic mass is 10.2. The van der Waals surface area contributed by atoms with E-state index in [0.717, 1.165) is 22.6 Å². The number of carbonyl (C=O) groups excluding carboxylic acids is 1. The quantitative estimate of drug-likeness (QED) is 0.834. The van der Waals surface area contributed by atoms with Crippen molar-refractivity contribution in [1.29, 1.82) is 0 Å². The second-order valence-corrected chi connectivity index (χ2v) is 4.68. The molecular formula is C18H19NO3. The van der Waals surface area contributed by atoms with Crippen LogP contribution >= 0.6 is 0 Å². The molecule has 0 radical (unpaired) electrons. The first-order valence-electron chi connectivity index (χ1n) is 6.94. The molecule has 0 aliphatic rings. The first-order valence-corrected chi connectivity index (χ1v) is 6.94. The van der Waals surface area contributed by atoms with Crippen LogP contribution < -0.4 is 14.8 Å². The Bertz CT molecular complexity index is 648. The van der Waals surface area contributed by atoms with Crippen LogP contribution in [0.5, 0.6) is 11.5 Å². The van der Waals surface area contributed by atoms with Crippen LogP contribution in [0.3, 0.4) is 0 Å². The molecule has 1 N–H and O–H groups in total. The molecule has 0 spiro atoms. The van der Waals surface area contributed by atoms with Gasteiger partial charge in [0.1, 0.15) is 11.5 Å². The molecule has 4 nitrogen and oxygen atoms in total. The van der Waals surface area contributed by atoms with Gasteiger partial charge in [-0.15, -0.1) is 0 Å². The number of ether oxygens (including phenoxy) is 2. The van der Waals surface area contributed by atoms with Gasteiger partial charge < -0.3 is 14.8 Å². The molecule has 0 atom stereocenters. The first-order chi connectivity index (χ1) is 10.7. The van der Waals surface area contributed by atoms with Crippen LogP contribution in [0.2, 0.25) is 0 Å². The maximum atomic E-state index is 11.8. The van der Waals surface area contributed by atoms with Crippen molar-refractivity contribution in [3.8, 4) is 11.5 Å². The second-order valence-electron chi connectivity index (χ2n) is 4.68. The Labute approximate surface area is 130 Å². The predicted molar refractivity (Wildman–Crippen MR) is 86.9 cm³/mol. The SMILES string of the molecule is COc1ccc(CNC(=O)/C=C/c2cccc(OC)c2)cc1. The van der Waals surface area contributed by atoms with Gasteiger partial charge in [0, 0.05) is 12.6 Å². The van der Waals surface area contributed by atoms with Crippen molar-refractivity contribution < 1.29 is 14.3 Å². The molecule has 0 aliphatic carbocycles. The summed E-state index contributed by atoms with van der Waals surface area (Å²) in [5.74, 6) is 1.42. The van der Waals surface area contributed by atoms with Gasteiger partial charge in [-0.3, -0.25) is 4.79 Å². The van der Waals surface area contributed by atoms with E-state index in [2.05, 4.69) is 5.32 Å². The normalized spacial score (nSPS) is 10.5. The summed E-state index contributed by atoms with van der Waals surface area (Å²) in [6, 6.07) is 15.1. The van der Waals surface area contributed by atoms with Crippen molar-refractivity contribution in [3.63, 3.8) is 0 Å². The van der Waals surface area contributed by atoms with Crippen molar-refractivity contribution >= 4 is 12.0 Å². The summed E-state index contributed by atoms with van der Waals surface area (Å²) >= 11 is 0. The Morgan fingerprint density at radius 1 is 1.05 bits per heavy atom. The van der Waals surface area contributed by atoms with Crippen LogP contribution in [-0.2, 0) is 11.3 Å². The van der Waals surface area contributed by atoms with Crippen LogP contribution in [0, 0.1) is 0 Å². The predicted octanol–water partition coefficient (Wildman–Crippen LogP) is 3.03. The van der Waals surface area contributed by atoms with Crippen LogP contribution in [0.1, 0.15) is 11.1 Å². The van der Waals surface area contributed by atoms with Crippen molar-refractivity contribution in [1.82, 2.24) is 5.32 Å². The maximum absolute atomic E-state index is 11.8. The third-order valence-electron chi connectivity index (χ3n) is 3.15. The Morgan fingerprint density at radius 2 is 1.77 bits per heavy atom. The minimum Gasteiger partial charge on any atom is -0.497 e. The molecule has 4 heteroatoms. The number of nitrogens with one attached hydrogen (secondary N) is 1. The molecule has 0 bridgehead atoms. The van der Waals surface area contributed by atoms with E-state index in [0.29, 0.717) is 6.54 Å². The summed E-state index contributed by atoms with van der Waals surface area (Å²) in [5, 5.41) is 2.84. The van der Waals surface area contributed by atoms with Crippen LogP contribution in [0.4, 0.5) is 0 Å². The molecule has 22 heavy (non-hydrogen) atoms. The summed E-state index contributed by atoms with van der Waals surface area (Å²) in [4.78, 5) is 11.8. The topological polar surface area (TPSA) is 47.6 Å². The van der Waals surface area contributed by atoms with Gasteiger partial charge in [-0.2, -0.15) is 0 Å². The molecule has 0 saturated carbocycles. The average molecular weight is 297 g/mol. The lowest BCUT2D eigenvalue weighted by Gasteiger charge is -2.04. The van der Waals surface area contributed by atoms with Gasteiger partial charge >= 0.3 is 0 Å². The highest BCUT2D eigenvalue weighted by atomic mass is 16.5. The van der Waals surface area contributed by atoms with Crippen LogP contribution in [-0.4, -0.2) is 20.1 Å². The molecule has 2 aromatic carbocycles. The van der Waals surface area contributed by atoms with Crippen molar-refractivity contribution in [2.75, 3.05) is 14.2 Å². The van der Waals surface area contributed by atoms with Crippen molar-refractivity contribution in [2.24, 2.45) is 0 Å². The van der Waals surface area contributed by atoms with Gasteiger partial charge in [0.2, 0.25) is 5.91 Å². The molecule has 0 aromatic heterocycles. The lowest BCUT2D eigenvalue weighted by Crippen LogP contribution is -2.20. The number of hydrogen-bond acceptors (Lipinski definition) is 3. The fourth-order valence-electron chi connectivity index (χ4n) is 1.91. The van der Waals surface area contributed by atoms with E-state index in [1.807, 2.05) is 48.5 Å². The molecule has 0 heterocycles. The van der Waals surface area contributed by atoms with Gasteiger partial charge in [0.05, 0.1) is 14.2 Å².